The normalized spacial score (nSPS) is 17.1. The van der Waals surface area contributed by atoms with Gasteiger partial charge >= 0.3 is 5.97 Å². The third-order valence-electron chi connectivity index (χ3n) is 3.28. The summed E-state index contributed by atoms with van der Waals surface area (Å²) in [6.07, 6.45) is 0. The van der Waals surface area contributed by atoms with Crippen molar-refractivity contribution in [3.8, 4) is 0 Å². The first-order valence-electron chi connectivity index (χ1n) is 6.75. The number of piperazine rings is 1. The molecule has 1 aliphatic heterocycles. The number of nitrogens with one attached hydrogen (secondary N) is 1. The molecule has 0 bridgehead atoms. The third-order valence-corrected chi connectivity index (χ3v) is 6.88. The second-order valence-corrected chi connectivity index (χ2v) is 8.79. The first-order valence-corrected chi connectivity index (χ1v) is 9.39. The molecule has 23 heavy (non-hydrogen) atoms. The van der Waals surface area contributed by atoms with Crippen LogP contribution in [0.5, 0.6) is 0 Å². The van der Waals surface area contributed by atoms with Crippen LogP contribution < -0.4 is 5.32 Å². The van der Waals surface area contributed by atoms with E-state index in [0.29, 0.717) is 17.4 Å². The van der Waals surface area contributed by atoms with Gasteiger partial charge in [-0.15, -0.1) is 11.3 Å². The molecule has 1 fully saturated rings. The SMILES string of the molecule is O=C(O)CNC(=O)CN1CCN(S(=O)(=O)c2ccc(Cl)s2)CC1. The van der Waals surface area contributed by atoms with Crippen LogP contribution in [0.3, 0.4) is 0 Å². The van der Waals surface area contributed by atoms with E-state index in [1.54, 1.807) is 11.0 Å². The lowest BCUT2D eigenvalue weighted by Crippen LogP contribution is -2.51. The van der Waals surface area contributed by atoms with E-state index < -0.39 is 28.4 Å². The van der Waals surface area contributed by atoms with E-state index in [4.69, 9.17) is 16.7 Å². The molecule has 2 rings (SSSR count). The van der Waals surface area contributed by atoms with Crippen molar-refractivity contribution < 1.29 is 23.1 Å². The second-order valence-electron chi connectivity index (χ2n) is 4.91. The summed E-state index contributed by atoms with van der Waals surface area (Å²) in [6.45, 7) is 0.962. The van der Waals surface area contributed by atoms with E-state index in [0.717, 1.165) is 11.3 Å². The minimum atomic E-state index is -3.55. The molecule has 0 unspecified atom stereocenters. The molecule has 0 atom stereocenters. The molecule has 0 spiro atoms. The Labute approximate surface area is 142 Å². The smallest absolute Gasteiger partial charge is 0.322 e. The van der Waals surface area contributed by atoms with Gasteiger partial charge in [-0.3, -0.25) is 14.5 Å². The Morgan fingerprint density at radius 2 is 1.91 bits per heavy atom. The summed E-state index contributed by atoms with van der Waals surface area (Å²) in [6, 6.07) is 3.02. The summed E-state index contributed by atoms with van der Waals surface area (Å²) >= 11 is 6.79. The highest BCUT2D eigenvalue weighted by Gasteiger charge is 2.30. The number of carbonyl (C=O) groups is 2. The van der Waals surface area contributed by atoms with Crippen LogP contribution in [-0.4, -0.2) is 73.9 Å². The summed E-state index contributed by atoms with van der Waals surface area (Å²) in [7, 11) is -3.55. The lowest BCUT2D eigenvalue weighted by Gasteiger charge is -2.33. The molecule has 2 N–H and O–H groups in total. The average Bonchev–Trinajstić information content (AvgIpc) is 2.93. The standard InChI is InChI=1S/C12H16ClN3O5S2/c13-9-1-2-12(22-9)23(20,21)16-5-3-15(4-6-16)8-10(17)14-7-11(18)19/h1-2H,3-8H2,(H,14,17)(H,18,19). The van der Waals surface area contributed by atoms with Crippen LogP contribution in [0.15, 0.2) is 16.3 Å². The van der Waals surface area contributed by atoms with Crippen LogP contribution in [-0.2, 0) is 19.6 Å². The molecule has 8 nitrogen and oxygen atoms in total. The first kappa shape index (κ1) is 18.1. The second kappa shape index (κ2) is 7.58. The summed E-state index contributed by atoms with van der Waals surface area (Å²) in [5.41, 5.74) is 0. The van der Waals surface area contributed by atoms with E-state index in [-0.39, 0.29) is 23.8 Å². The Balaban J connectivity index is 1.86. The van der Waals surface area contributed by atoms with Crippen LogP contribution in [0, 0.1) is 0 Å². The highest BCUT2D eigenvalue weighted by molar-refractivity contribution is 7.91. The van der Waals surface area contributed by atoms with Crippen molar-refractivity contribution in [3.05, 3.63) is 16.5 Å². The Kier molecular flexibility index (Phi) is 5.98. The summed E-state index contributed by atoms with van der Waals surface area (Å²) < 4.78 is 26.8. The molecule has 128 valence electrons. The minimum absolute atomic E-state index is 0.0476. The lowest BCUT2D eigenvalue weighted by atomic mass is 10.3. The molecule has 11 heteroatoms. The number of sulfonamides is 1. The highest BCUT2D eigenvalue weighted by atomic mass is 35.5. The van der Waals surface area contributed by atoms with Gasteiger partial charge in [0.15, 0.2) is 0 Å². The van der Waals surface area contributed by atoms with Crippen molar-refractivity contribution in [1.29, 1.82) is 0 Å². The maximum atomic E-state index is 12.4. The van der Waals surface area contributed by atoms with Crippen LogP contribution in [0.4, 0.5) is 0 Å². The molecule has 1 aliphatic rings. The minimum Gasteiger partial charge on any atom is -0.480 e. The maximum absolute atomic E-state index is 12.4. The largest absolute Gasteiger partial charge is 0.480 e. The zero-order valence-corrected chi connectivity index (χ0v) is 14.5. The fourth-order valence-electron chi connectivity index (χ4n) is 2.12. The molecular weight excluding hydrogens is 366 g/mol. The quantitative estimate of drug-likeness (QED) is 0.713. The van der Waals surface area contributed by atoms with Gasteiger partial charge in [-0.25, -0.2) is 8.42 Å². The molecule has 2 heterocycles. The predicted octanol–water partition coefficient (Wildman–Crippen LogP) is -0.0914. The number of rotatable bonds is 6. The van der Waals surface area contributed by atoms with Crippen molar-refractivity contribution in [2.75, 3.05) is 39.3 Å². The average molecular weight is 382 g/mol. The van der Waals surface area contributed by atoms with Crippen LogP contribution >= 0.6 is 22.9 Å². The number of hydrogen-bond acceptors (Lipinski definition) is 6. The summed E-state index contributed by atoms with van der Waals surface area (Å²) in [5.74, 6) is -1.50. The topological polar surface area (TPSA) is 107 Å². The predicted molar refractivity (Wildman–Crippen MR) is 85.2 cm³/mol. The number of carboxylic acid groups (broad SMARTS) is 1. The number of thiophene rings is 1. The van der Waals surface area contributed by atoms with Gasteiger partial charge in [0.25, 0.3) is 10.0 Å². The number of hydrogen-bond donors (Lipinski definition) is 2. The molecule has 0 aromatic carbocycles. The Bertz CT molecular complexity index is 683. The van der Waals surface area contributed by atoms with E-state index in [2.05, 4.69) is 5.32 Å². The first-order chi connectivity index (χ1) is 10.8. The molecule has 0 radical (unpaired) electrons. The molecule has 1 amide bonds. The van der Waals surface area contributed by atoms with Crippen molar-refractivity contribution in [2.45, 2.75) is 4.21 Å². The molecule has 1 saturated heterocycles. The number of amides is 1. The number of nitrogens with zero attached hydrogens (tertiary/aromatic N) is 2. The molecular formula is C12H16ClN3O5S2. The number of carbonyl (C=O) groups excluding carboxylic acids is 1. The van der Waals surface area contributed by atoms with E-state index in [1.165, 1.54) is 10.4 Å². The Hall–Kier alpha value is -1.20. The fraction of sp³-hybridized carbons (Fsp3) is 0.500. The zero-order chi connectivity index (χ0) is 17.0. The number of carboxylic acids is 1. The van der Waals surface area contributed by atoms with Crippen molar-refractivity contribution >= 4 is 44.8 Å². The van der Waals surface area contributed by atoms with Gasteiger partial charge in [-0.1, -0.05) is 11.6 Å². The summed E-state index contributed by atoms with van der Waals surface area (Å²) in [4.78, 5) is 23.7. The van der Waals surface area contributed by atoms with Crippen LogP contribution in [0.25, 0.3) is 0 Å². The van der Waals surface area contributed by atoms with Gasteiger partial charge in [0.2, 0.25) is 5.91 Å². The van der Waals surface area contributed by atoms with Crippen molar-refractivity contribution in [2.24, 2.45) is 0 Å². The Morgan fingerprint density at radius 3 is 2.43 bits per heavy atom. The van der Waals surface area contributed by atoms with Crippen molar-refractivity contribution in [1.82, 2.24) is 14.5 Å². The monoisotopic (exact) mass is 381 g/mol. The fourth-order valence-corrected chi connectivity index (χ4v) is 5.18. The summed E-state index contributed by atoms with van der Waals surface area (Å²) in [5, 5.41) is 10.8. The molecule has 1 aromatic heterocycles. The van der Waals surface area contributed by atoms with Crippen LogP contribution in [0.1, 0.15) is 0 Å². The van der Waals surface area contributed by atoms with E-state index in [1.807, 2.05) is 0 Å². The number of halogens is 1. The maximum Gasteiger partial charge on any atom is 0.322 e. The van der Waals surface area contributed by atoms with Crippen LogP contribution in [0.2, 0.25) is 4.34 Å². The van der Waals surface area contributed by atoms with Gasteiger partial charge in [-0.05, 0) is 12.1 Å². The Morgan fingerprint density at radius 1 is 1.26 bits per heavy atom. The highest BCUT2D eigenvalue weighted by Crippen LogP contribution is 2.28. The van der Waals surface area contributed by atoms with Gasteiger partial charge < -0.3 is 10.4 Å². The molecule has 1 aromatic rings. The van der Waals surface area contributed by atoms with Crippen molar-refractivity contribution in [3.63, 3.8) is 0 Å². The zero-order valence-electron chi connectivity index (χ0n) is 12.1. The van der Waals surface area contributed by atoms with Gasteiger partial charge in [0.1, 0.15) is 10.8 Å². The molecule has 0 aliphatic carbocycles. The molecule has 0 saturated carbocycles. The van der Waals surface area contributed by atoms with E-state index >= 15 is 0 Å². The van der Waals surface area contributed by atoms with Gasteiger partial charge in [0.05, 0.1) is 10.9 Å². The third kappa shape index (κ3) is 4.88. The lowest BCUT2D eigenvalue weighted by molar-refractivity contribution is -0.138. The van der Waals surface area contributed by atoms with Gasteiger partial charge in [0, 0.05) is 26.2 Å². The van der Waals surface area contributed by atoms with Gasteiger partial charge in [-0.2, -0.15) is 4.31 Å². The van der Waals surface area contributed by atoms with E-state index in [9.17, 15) is 18.0 Å². The number of aliphatic carboxylic acids is 1.